The van der Waals surface area contributed by atoms with Gasteiger partial charge in [-0.25, -0.2) is 0 Å². The van der Waals surface area contributed by atoms with E-state index in [1.54, 1.807) is 0 Å². The molecule has 0 aromatic carbocycles. The molecule has 1 aliphatic rings. The standard InChI is InChI=1S/C20H28BrN3O/c1-19(2)11-16(12-20(3,4)23-19)24(13-15-7-9-22-10-8-15)14-17-5-6-18(21)25-17/h5-10,16,23H,11-14H2,1-4H3. The van der Waals surface area contributed by atoms with Crippen LogP contribution < -0.4 is 5.32 Å². The highest BCUT2D eigenvalue weighted by Gasteiger charge is 2.40. The summed E-state index contributed by atoms with van der Waals surface area (Å²) in [7, 11) is 0. The molecule has 0 atom stereocenters. The number of piperidine rings is 1. The van der Waals surface area contributed by atoms with Gasteiger partial charge in [0.25, 0.3) is 0 Å². The Morgan fingerprint density at radius 3 is 2.28 bits per heavy atom. The Balaban J connectivity index is 1.84. The zero-order chi connectivity index (χ0) is 18.1. The van der Waals surface area contributed by atoms with Crippen LogP contribution in [0.2, 0.25) is 0 Å². The molecule has 3 heterocycles. The summed E-state index contributed by atoms with van der Waals surface area (Å²) in [6, 6.07) is 8.71. The van der Waals surface area contributed by atoms with Gasteiger partial charge in [-0.05, 0) is 86.3 Å². The van der Waals surface area contributed by atoms with E-state index in [-0.39, 0.29) is 11.1 Å². The molecule has 0 aliphatic carbocycles. The van der Waals surface area contributed by atoms with Gasteiger partial charge in [-0.2, -0.15) is 0 Å². The number of nitrogens with zero attached hydrogens (tertiary/aromatic N) is 2. The normalized spacial score (nSPS) is 20.1. The predicted octanol–water partition coefficient (Wildman–Crippen LogP) is 4.75. The lowest BCUT2D eigenvalue weighted by molar-refractivity contribution is 0.0521. The van der Waals surface area contributed by atoms with E-state index in [1.165, 1.54) is 5.56 Å². The van der Waals surface area contributed by atoms with Crippen molar-refractivity contribution in [3.63, 3.8) is 0 Å². The molecule has 0 bridgehead atoms. The van der Waals surface area contributed by atoms with Crippen molar-refractivity contribution in [2.45, 2.75) is 70.7 Å². The first-order valence-corrected chi connectivity index (χ1v) is 9.68. The highest BCUT2D eigenvalue weighted by molar-refractivity contribution is 9.10. The average molecular weight is 406 g/mol. The molecule has 0 saturated carbocycles. The Labute approximate surface area is 159 Å². The zero-order valence-corrected chi connectivity index (χ0v) is 17.1. The third-order valence-corrected chi connectivity index (χ3v) is 5.23. The van der Waals surface area contributed by atoms with E-state index in [2.05, 4.69) is 77.0 Å². The first kappa shape index (κ1) is 18.6. The minimum absolute atomic E-state index is 0.118. The number of aromatic nitrogens is 1. The van der Waals surface area contributed by atoms with Gasteiger partial charge in [0.05, 0.1) is 6.54 Å². The van der Waals surface area contributed by atoms with Crippen molar-refractivity contribution >= 4 is 15.9 Å². The topological polar surface area (TPSA) is 41.3 Å². The van der Waals surface area contributed by atoms with Crippen LogP contribution in [0.15, 0.2) is 45.7 Å². The summed E-state index contributed by atoms with van der Waals surface area (Å²) in [6.07, 6.45) is 5.97. The van der Waals surface area contributed by atoms with Crippen LogP contribution in [-0.2, 0) is 13.1 Å². The van der Waals surface area contributed by atoms with Gasteiger partial charge in [0.2, 0.25) is 0 Å². The van der Waals surface area contributed by atoms with E-state index in [4.69, 9.17) is 4.42 Å². The van der Waals surface area contributed by atoms with Gasteiger partial charge in [-0.3, -0.25) is 9.88 Å². The lowest BCUT2D eigenvalue weighted by atomic mass is 9.79. The summed E-state index contributed by atoms with van der Waals surface area (Å²) < 4.78 is 6.58. The second kappa shape index (κ2) is 7.22. The van der Waals surface area contributed by atoms with E-state index in [0.29, 0.717) is 6.04 Å². The fraction of sp³-hybridized carbons (Fsp3) is 0.550. The monoisotopic (exact) mass is 405 g/mol. The fourth-order valence-electron chi connectivity index (χ4n) is 4.20. The van der Waals surface area contributed by atoms with Crippen LogP contribution in [0.3, 0.4) is 0 Å². The van der Waals surface area contributed by atoms with Crippen molar-refractivity contribution in [1.29, 1.82) is 0 Å². The number of hydrogen-bond acceptors (Lipinski definition) is 4. The molecular weight excluding hydrogens is 378 g/mol. The summed E-state index contributed by atoms with van der Waals surface area (Å²) in [4.78, 5) is 6.69. The summed E-state index contributed by atoms with van der Waals surface area (Å²) >= 11 is 3.42. The van der Waals surface area contributed by atoms with Crippen LogP contribution in [0.5, 0.6) is 0 Å². The van der Waals surface area contributed by atoms with Crippen LogP contribution in [0, 0.1) is 0 Å². The lowest BCUT2D eigenvalue weighted by Gasteiger charge is -2.49. The molecule has 0 amide bonds. The molecule has 3 rings (SSSR count). The molecule has 2 aromatic rings. The first-order chi connectivity index (χ1) is 11.7. The maximum atomic E-state index is 5.79. The smallest absolute Gasteiger partial charge is 0.169 e. The third-order valence-electron chi connectivity index (χ3n) is 4.81. The van der Waals surface area contributed by atoms with Gasteiger partial charge in [-0.15, -0.1) is 0 Å². The van der Waals surface area contributed by atoms with Gasteiger partial charge in [0.15, 0.2) is 4.67 Å². The van der Waals surface area contributed by atoms with Crippen LogP contribution >= 0.6 is 15.9 Å². The van der Waals surface area contributed by atoms with Crippen molar-refractivity contribution in [2.75, 3.05) is 0 Å². The second-order valence-electron chi connectivity index (χ2n) is 8.42. The van der Waals surface area contributed by atoms with E-state index in [9.17, 15) is 0 Å². The molecule has 0 radical (unpaired) electrons. The van der Waals surface area contributed by atoms with Gasteiger partial charge in [-0.1, -0.05) is 0 Å². The van der Waals surface area contributed by atoms with Gasteiger partial charge >= 0.3 is 0 Å². The molecule has 25 heavy (non-hydrogen) atoms. The maximum absolute atomic E-state index is 5.79. The number of pyridine rings is 1. The molecule has 1 saturated heterocycles. The number of rotatable bonds is 5. The minimum Gasteiger partial charge on any atom is -0.453 e. The summed E-state index contributed by atoms with van der Waals surface area (Å²) in [5.74, 6) is 0.995. The Hall–Kier alpha value is -1.17. The summed E-state index contributed by atoms with van der Waals surface area (Å²) in [5, 5.41) is 3.78. The summed E-state index contributed by atoms with van der Waals surface area (Å²) in [6.45, 7) is 10.9. The van der Waals surface area contributed by atoms with Gasteiger partial charge < -0.3 is 9.73 Å². The van der Waals surface area contributed by atoms with Crippen LogP contribution in [0.4, 0.5) is 0 Å². The molecule has 2 aromatic heterocycles. The number of hydrogen-bond donors (Lipinski definition) is 1. The van der Waals surface area contributed by atoms with Crippen molar-refractivity contribution < 1.29 is 4.42 Å². The molecule has 1 N–H and O–H groups in total. The van der Waals surface area contributed by atoms with Crippen LogP contribution in [0.25, 0.3) is 0 Å². The number of halogens is 1. The van der Waals surface area contributed by atoms with Crippen molar-refractivity contribution in [1.82, 2.24) is 15.2 Å². The van der Waals surface area contributed by atoms with E-state index in [0.717, 1.165) is 36.4 Å². The molecule has 1 aliphatic heterocycles. The highest BCUT2D eigenvalue weighted by Crippen LogP contribution is 2.33. The lowest BCUT2D eigenvalue weighted by Crippen LogP contribution is -2.62. The molecule has 1 fully saturated rings. The molecule has 0 spiro atoms. The third kappa shape index (κ3) is 5.16. The molecular formula is C20H28BrN3O. The Morgan fingerprint density at radius 2 is 1.72 bits per heavy atom. The van der Waals surface area contributed by atoms with Gasteiger partial charge in [0, 0.05) is 36.1 Å². The van der Waals surface area contributed by atoms with E-state index in [1.807, 2.05) is 18.5 Å². The Bertz CT molecular complexity index is 680. The largest absolute Gasteiger partial charge is 0.453 e. The Kier molecular flexibility index (Phi) is 5.37. The second-order valence-corrected chi connectivity index (χ2v) is 9.20. The quantitative estimate of drug-likeness (QED) is 0.778. The van der Waals surface area contributed by atoms with Crippen molar-refractivity contribution in [3.05, 3.63) is 52.7 Å². The molecule has 0 unspecified atom stereocenters. The van der Waals surface area contributed by atoms with E-state index >= 15 is 0 Å². The zero-order valence-electron chi connectivity index (χ0n) is 15.6. The highest BCUT2D eigenvalue weighted by atomic mass is 79.9. The average Bonchev–Trinajstić information content (AvgIpc) is 2.90. The molecule has 5 heteroatoms. The first-order valence-electron chi connectivity index (χ1n) is 8.89. The number of nitrogens with one attached hydrogen (secondary N) is 1. The van der Waals surface area contributed by atoms with Crippen molar-refractivity contribution in [3.8, 4) is 0 Å². The minimum atomic E-state index is 0.118. The number of furan rings is 1. The fourth-order valence-corrected chi connectivity index (χ4v) is 4.54. The van der Waals surface area contributed by atoms with Crippen LogP contribution in [0.1, 0.15) is 51.9 Å². The van der Waals surface area contributed by atoms with Gasteiger partial charge in [0.1, 0.15) is 5.76 Å². The van der Waals surface area contributed by atoms with Crippen LogP contribution in [-0.4, -0.2) is 27.0 Å². The molecule has 4 nitrogen and oxygen atoms in total. The SMILES string of the molecule is CC1(C)CC(N(Cc2ccncc2)Cc2ccc(Br)o2)CC(C)(C)N1. The summed E-state index contributed by atoms with van der Waals surface area (Å²) in [5.41, 5.74) is 1.52. The predicted molar refractivity (Wildman–Crippen MR) is 104 cm³/mol. The van der Waals surface area contributed by atoms with E-state index < -0.39 is 0 Å². The van der Waals surface area contributed by atoms with Crippen molar-refractivity contribution in [2.24, 2.45) is 0 Å². The molecule has 136 valence electrons. The maximum Gasteiger partial charge on any atom is 0.169 e. The Morgan fingerprint density at radius 1 is 1.08 bits per heavy atom.